The highest BCUT2D eigenvalue weighted by Crippen LogP contribution is 2.35. The van der Waals surface area contributed by atoms with E-state index in [9.17, 15) is 4.79 Å². The van der Waals surface area contributed by atoms with Crippen molar-refractivity contribution in [2.45, 2.75) is 56.7 Å². The number of aryl methyl sites for hydroxylation is 2. The molecule has 2 aromatic heterocycles. The van der Waals surface area contributed by atoms with Crippen molar-refractivity contribution in [1.29, 1.82) is 0 Å². The predicted octanol–water partition coefficient (Wildman–Crippen LogP) is 3.57. The molecule has 0 radical (unpaired) electrons. The second-order valence-corrected chi connectivity index (χ2v) is 8.95. The Balaban J connectivity index is 1.49. The predicted molar refractivity (Wildman–Crippen MR) is 101 cm³/mol. The van der Waals surface area contributed by atoms with Crippen LogP contribution in [0.5, 0.6) is 0 Å². The number of nitrogens with zero attached hydrogens (tertiary/aromatic N) is 3. The third-order valence-corrected chi connectivity index (χ3v) is 7.40. The second kappa shape index (κ2) is 7.21. The number of hydrogen-bond donors (Lipinski definition) is 0. The fraction of sp³-hybridized carbons (Fsp3) is 0.611. The van der Waals surface area contributed by atoms with Crippen LogP contribution < -0.4 is 0 Å². The zero-order valence-corrected chi connectivity index (χ0v) is 16.3. The van der Waals surface area contributed by atoms with Crippen LogP contribution in [0.25, 0.3) is 10.2 Å². The minimum absolute atomic E-state index is 0.210. The summed E-state index contributed by atoms with van der Waals surface area (Å²) in [6, 6.07) is 0.270. The molecule has 2 aromatic rings. The van der Waals surface area contributed by atoms with Gasteiger partial charge in [0.25, 0.3) is 0 Å². The minimum Gasteiger partial charge on any atom is -0.374 e. The number of ether oxygens (including phenoxy) is 1. The lowest BCUT2D eigenvalue weighted by Crippen LogP contribution is -2.55. The second-order valence-electron chi connectivity index (χ2n) is 6.78. The number of aromatic nitrogens is 2. The Kier molecular flexibility index (Phi) is 4.97. The van der Waals surface area contributed by atoms with Crippen LogP contribution in [0.3, 0.4) is 0 Å². The van der Waals surface area contributed by atoms with E-state index in [4.69, 9.17) is 4.74 Å². The Morgan fingerprint density at radius 1 is 1.36 bits per heavy atom. The highest BCUT2D eigenvalue weighted by atomic mass is 32.2. The van der Waals surface area contributed by atoms with Crippen molar-refractivity contribution in [3.8, 4) is 0 Å². The molecule has 7 heteroatoms. The molecule has 4 rings (SSSR count). The van der Waals surface area contributed by atoms with Crippen LogP contribution in [0.2, 0.25) is 0 Å². The number of thioether (sulfide) groups is 1. The number of hydrogen-bond acceptors (Lipinski definition) is 6. The fourth-order valence-corrected chi connectivity index (χ4v) is 5.88. The summed E-state index contributed by atoms with van der Waals surface area (Å²) in [5.74, 6) is 0.644. The van der Waals surface area contributed by atoms with Crippen LogP contribution >= 0.6 is 23.1 Å². The van der Waals surface area contributed by atoms with Crippen LogP contribution in [-0.2, 0) is 9.53 Å². The summed E-state index contributed by atoms with van der Waals surface area (Å²) < 4.78 is 5.88. The van der Waals surface area contributed by atoms with Gasteiger partial charge >= 0.3 is 0 Å². The van der Waals surface area contributed by atoms with Crippen LogP contribution in [0.15, 0.2) is 11.4 Å². The summed E-state index contributed by atoms with van der Waals surface area (Å²) in [7, 11) is 0. The van der Waals surface area contributed by atoms with E-state index < -0.39 is 0 Å². The third kappa shape index (κ3) is 3.29. The van der Waals surface area contributed by atoms with Crippen LogP contribution in [-0.4, -0.2) is 51.8 Å². The van der Waals surface area contributed by atoms with Gasteiger partial charge in [-0.05, 0) is 32.3 Å². The molecule has 3 heterocycles. The number of carbonyl (C=O) groups is 1. The van der Waals surface area contributed by atoms with Gasteiger partial charge in [0.2, 0.25) is 5.91 Å². The van der Waals surface area contributed by atoms with Crippen molar-refractivity contribution in [2.75, 3.05) is 18.9 Å². The SMILES string of the molecule is Cc1sc2ncnc(SCC(=O)N3CCOC4CCCCC43)c2c1C. The standard InChI is InChI=1S/C18H23N3O2S2/c1-11-12(2)25-18-16(11)17(19-10-20-18)24-9-15(22)21-7-8-23-14-6-4-3-5-13(14)21/h10,13-14H,3-9H2,1-2H3. The summed E-state index contributed by atoms with van der Waals surface area (Å²) in [6.07, 6.45) is 6.41. The minimum atomic E-state index is 0.210. The number of morpholine rings is 1. The largest absolute Gasteiger partial charge is 0.374 e. The molecule has 1 saturated carbocycles. The van der Waals surface area contributed by atoms with Crippen LogP contribution in [0.1, 0.15) is 36.1 Å². The van der Waals surface area contributed by atoms with Crippen molar-refractivity contribution >= 4 is 39.2 Å². The third-order valence-electron chi connectivity index (χ3n) is 5.32. The number of thiophene rings is 1. The van der Waals surface area contributed by atoms with E-state index in [0.717, 1.165) is 34.6 Å². The first-order valence-electron chi connectivity index (χ1n) is 8.89. The first-order chi connectivity index (χ1) is 12.1. The Bertz CT molecular complexity index is 790. The molecule has 0 bridgehead atoms. The fourth-order valence-electron chi connectivity index (χ4n) is 3.88. The monoisotopic (exact) mass is 377 g/mol. The molecule has 0 aromatic carbocycles. The molecular formula is C18H23N3O2S2. The van der Waals surface area contributed by atoms with Gasteiger partial charge < -0.3 is 9.64 Å². The number of carbonyl (C=O) groups excluding carboxylic acids is 1. The Labute approximate surface area is 156 Å². The molecule has 134 valence electrons. The molecule has 1 saturated heterocycles. The average molecular weight is 378 g/mol. The maximum atomic E-state index is 12.9. The normalized spacial score (nSPS) is 23.7. The highest BCUT2D eigenvalue weighted by molar-refractivity contribution is 8.00. The maximum Gasteiger partial charge on any atom is 0.233 e. The molecule has 25 heavy (non-hydrogen) atoms. The highest BCUT2D eigenvalue weighted by Gasteiger charge is 2.36. The first kappa shape index (κ1) is 17.2. The van der Waals surface area contributed by atoms with Crippen molar-refractivity contribution in [2.24, 2.45) is 0 Å². The molecule has 2 unspecified atom stereocenters. The Morgan fingerprint density at radius 3 is 3.08 bits per heavy atom. The molecule has 1 amide bonds. The topological polar surface area (TPSA) is 55.3 Å². The summed E-state index contributed by atoms with van der Waals surface area (Å²) in [5.41, 5.74) is 1.23. The van der Waals surface area contributed by atoms with E-state index in [1.54, 1.807) is 29.4 Å². The van der Waals surface area contributed by atoms with E-state index in [-0.39, 0.29) is 18.1 Å². The summed E-state index contributed by atoms with van der Waals surface area (Å²) >= 11 is 3.24. The van der Waals surface area contributed by atoms with Gasteiger partial charge in [-0.15, -0.1) is 11.3 Å². The maximum absolute atomic E-state index is 12.9. The molecule has 0 spiro atoms. The van der Waals surface area contributed by atoms with Crippen molar-refractivity contribution < 1.29 is 9.53 Å². The summed E-state index contributed by atoms with van der Waals surface area (Å²) in [4.78, 5) is 26.0. The lowest BCUT2D eigenvalue weighted by Gasteiger charge is -2.43. The van der Waals surface area contributed by atoms with Gasteiger partial charge in [-0.3, -0.25) is 4.79 Å². The molecule has 2 fully saturated rings. The molecule has 2 aliphatic rings. The molecular weight excluding hydrogens is 354 g/mol. The Hall–Kier alpha value is -1.18. The lowest BCUT2D eigenvalue weighted by atomic mass is 9.90. The van der Waals surface area contributed by atoms with E-state index in [1.165, 1.54) is 23.3 Å². The zero-order valence-electron chi connectivity index (χ0n) is 14.7. The van der Waals surface area contributed by atoms with Gasteiger partial charge in [-0.1, -0.05) is 24.6 Å². The smallest absolute Gasteiger partial charge is 0.233 e. The van der Waals surface area contributed by atoms with E-state index in [0.29, 0.717) is 12.4 Å². The zero-order chi connectivity index (χ0) is 17.4. The molecule has 0 N–H and O–H groups in total. The quantitative estimate of drug-likeness (QED) is 0.605. The lowest BCUT2D eigenvalue weighted by molar-refractivity contribution is -0.146. The van der Waals surface area contributed by atoms with E-state index in [1.807, 2.05) is 0 Å². The van der Waals surface area contributed by atoms with Gasteiger partial charge in [0.15, 0.2) is 0 Å². The number of rotatable bonds is 3. The molecule has 1 aliphatic heterocycles. The van der Waals surface area contributed by atoms with Gasteiger partial charge in [0, 0.05) is 16.8 Å². The van der Waals surface area contributed by atoms with Crippen molar-refractivity contribution in [3.63, 3.8) is 0 Å². The Morgan fingerprint density at radius 2 is 2.20 bits per heavy atom. The molecule has 1 aliphatic carbocycles. The number of fused-ring (bicyclic) bond motifs is 2. The molecule has 2 atom stereocenters. The summed E-state index contributed by atoms with van der Waals surface area (Å²) in [6.45, 7) is 5.60. The van der Waals surface area contributed by atoms with E-state index >= 15 is 0 Å². The van der Waals surface area contributed by atoms with Crippen LogP contribution in [0.4, 0.5) is 0 Å². The van der Waals surface area contributed by atoms with Gasteiger partial charge in [-0.25, -0.2) is 9.97 Å². The number of amides is 1. The van der Waals surface area contributed by atoms with Gasteiger partial charge in [0.05, 0.1) is 24.5 Å². The average Bonchev–Trinajstić information content (AvgIpc) is 2.94. The summed E-state index contributed by atoms with van der Waals surface area (Å²) in [5, 5.41) is 2.04. The van der Waals surface area contributed by atoms with Crippen LogP contribution in [0, 0.1) is 13.8 Å². The van der Waals surface area contributed by atoms with E-state index in [2.05, 4.69) is 28.7 Å². The van der Waals surface area contributed by atoms with Crippen molar-refractivity contribution in [3.05, 3.63) is 16.8 Å². The van der Waals surface area contributed by atoms with Crippen molar-refractivity contribution in [1.82, 2.24) is 14.9 Å². The van der Waals surface area contributed by atoms with Gasteiger partial charge in [0.1, 0.15) is 16.2 Å². The molecule has 5 nitrogen and oxygen atoms in total. The first-order valence-corrected chi connectivity index (χ1v) is 10.7. The van der Waals surface area contributed by atoms with Gasteiger partial charge in [-0.2, -0.15) is 0 Å².